The van der Waals surface area contributed by atoms with Gasteiger partial charge in [0.1, 0.15) is 11.5 Å². The van der Waals surface area contributed by atoms with Crippen LogP contribution in [0.3, 0.4) is 0 Å². The molecule has 0 bridgehead atoms. The Morgan fingerprint density at radius 3 is 1.86 bits per heavy atom. The third-order valence-electron chi connectivity index (χ3n) is 2.89. The maximum atomic E-state index is 5.34. The van der Waals surface area contributed by atoms with Gasteiger partial charge in [0.2, 0.25) is 0 Å². The number of hydrogen-bond donors (Lipinski definition) is 0. The van der Waals surface area contributed by atoms with E-state index in [-0.39, 0.29) is 0 Å². The van der Waals surface area contributed by atoms with Crippen molar-refractivity contribution in [2.24, 2.45) is 0 Å². The van der Waals surface area contributed by atoms with Gasteiger partial charge < -0.3 is 14.4 Å². The van der Waals surface area contributed by atoms with Gasteiger partial charge in [-0.05, 0) is 12.1 Å². The molecule has 0 aliphatic rings. The van der Waals surface area contributed by atoms with E-state index in [2.05, 4.69) is 0 Å². The molecule has 0 amide bonds. The van der Waals surface area contributed by atoms with Gasteiger partial charge in [-0.25, -0.2) is 0 Å². The van der Waals surface area contributed by atoms with Gasteiger partial charge in [0.05, 0.1) is 14.2 Å². The van der Waals surface area contributed by atoms with E-state index in [9.17, 15) is 0 Å². The zero-order valence-corrected chi connectivity index (χ0v) is 12.6. The fraction of sp³-hybridized carbons (Fsp3) is 0.250. The van der Waals surface area contributed by atoms with Crippen LogP contribution in [0, 0.1) is 0 Å². The number of hydrogen-bond acceptors (Lipinski definition) is 5. The predicted molar refractivity (Wildman–Crippen MR) is 81.6 cm³/mol. The van der Waals surface area contributed by atoms with Gasteiger partial charge in [-0.15, -0.1) is 0 Å². The molecule has 0 saturated carbocycles. The minimum Gasteiger partial charge on any atom is -0.496 e. The summed E-state index contributed by atoms with van der Waals surface area (Å²) in [7, 11) is 7.10. The number of nitrogens with zero attached hydrogens (tertiary/aromatic N) is 1. The Balaban J connectivity index is 2.10. The van der Waals surface area contributed by atoms with Crippen molar-refractivity contribution < 1.29 is 19.2 Å². The molecule has 0 saturated heterocycles. The number of rotatable bonds is 6. The van der Waals surface area contributed by atoms with Gasteiger partial charge in [0.25, 0.3) is 0 Å². The van der Waals surface area contributed by atoms with E-state index in [0.717, 1.165) is 5.69 Å². The molecule has 0 fully saturated rings. The van der Waals surface area contributed by atoms with Crippen LogP contribution in [0.1, 0.15) is 0 Å². The summed E-state index contributed by atoms with van der Waals surface area (Å²) in [6.45, 7) is 0. The normalized spacial score (nSPS) is 9.90. The molecule has 0 spiro atoms. The van der Waals surface area contributed by atoms with Crippen LogP contribution < -0.4 is 24.1 Å². The van der Waals surface area contributed by atoms with Crippen molar-refractivity contribution in [3.05, 3.63) is 42.5 Å². The van der Waals surface area contributed by atoms with Crippen LogP contribution in [0.4, 0.5) is 5.69 Å². The van der Waals surface area contributed by atoms with Crippen molar-refractivity contribution in [1.29, 1.82) is 0 Å². The first-order valence-corrected chi connectivity index (χ1v) is 6.47. The van der Waals surface area contributed by atoms with E-state index >= 15 is 0 Å². The molecule has 5 heteroatoms. The lowest BCUT2D eigenvalue weighted by Gasteiger charge is -2.13. The fourth-order valence-electron chi connectivity index (χ4n) is 1.74. The summed E-state index contributed by atoms with van der Waals surface area (Å²) in [6, 6.07) is 12.8. The highest BCUT2D eigenvalue weighted by atomic mass is 17.2. The van der Waals surface area contributed by atoms with Crippen molar-refractivity contribution >= 4 is 5.69 Å². The molecule has 0 aromatic heterocycles. The molecule has 0 heterocycles. The molecule has 2 aromatic rings. The third kappa shape index (κ3) is 3.95. The molecule has 2 rings (SSSR count). The van der Waals surface area contributed by atoms with Crippen molar-refractivity contribution in [2.75, 3.05) is 33.2 Å². The van der Waals surface area contributed by atoms with Gasteiger partial charge in [-0.1, -0.05) is 6.07 Å². The summed E-state index contributed by atoms with van der Waals surface area (Å²) >= 11 is 0. The second-order valence-corrected chi connectivity index (χ2v) is 4.61. The smallest absolute Gasteiger partial charge is 0.186 e. The standard InChI is InChI=1S/C16H19NO4/c1-17(2)12-6-5-7-13(8-12)20-21-16-10-14(18-3)9-15(11-16)19-4/h5-11H,1-4H3. The first kappa shape index (κ1) is 14.8. The number of methoxy groups -OCH3 is 2. The van der Waals surface area contributed by atoms with E-state index in [4.69, 9.17) is 19.2 Å². The Morgan fingerprint density at radius 2 is 1.29 bits per heavy atom. The first-order chi connectivity index (χ1) is 10.1. The van der Waals surface area contributed by atoms with Crippen LogP contribution in [0.15, 0.2) is 42.5 Å². The monoisotopic (exact) mass is 289 g/mol. The van der Waals surface area contributed by atoms with Crippen LogP contribution in [-0.4, -0.2) is 28.3 Å². The average molecular weight is 289 g/mol. The van der Waals surface area contributed by atoms with Gasteiger partial charge in [0, 0.05) is 44.0 Å². The zero-order chi connectivity index (χ0) is 15.2. The minimum atomic E-state index is 0.501. The second kappa shape index (κ2) is 6.74. The van der Waals surface area contributed by atoms with Crippen LogP contribution in [-0.2, 0) is 0 Å². The molecule has 0 aliphatic heterocycles. The molecule has 112 valence electrons. The van der Waals surface area contributed by atoms with E-state index in [1.54, 1.807) is 32.4 Å². The summed E-state index contributed by atoms with van der Waals surface area (Å²) in [5.41, 5.74) is 1.03. The lowest BCUT2D eigenvalue weighted by atomic mass is 10.3. The Kier molecular flexibility index (Phi) is 4.77. The number of ether oxygens (including phenoxy) is 2. The lowest BCUT2D eigenvalue weighted by Crippen LogP contribution is -2.09. The van der Waals surface area contributed by atoms with Gasteiger partial charge >= 0.3 is 0 Å². The molecule has 0 aliphatic carbocycles. The predicted octanol–water partition coefficient (Wildman–Crippen LogP) is 3.14. The third-order valence-corrected chi connectivity index (χ3v) is 2.89. The SMILES string of the molecule is COc1cc(OC)cc(OOc2cccc(N(C)C)c2)c1. The largest absolute Gasteiger partial charge is 0.496 e. The summed E-state index contributed by atoms with van der Waals surface area (Å²) in [5.74, 6) is 2.38. The van der Waals surface area contributed by atoms with Crippen molar-refractivity contribution in [3.8, 4) is 23.0 Å². The molecule has 0 N–H and O–H groups in total. The highest BCUT2D eigenvalue weighted by Crippen LogP contribution is 2.28. The van der Waals surface area contributed by atoms with E-state index in [0.29, 0.717) is 23.0 Å². The zero-order valence-electron chi connectivity index (χ0n) is 12.6. The van der Waals surface area contributed by atoms with Crippen molar-refractivity contribution in [1.82, 2.24) is 0 Å². The molecular weight excluding hydrogens is 270 g/mol. The van der Waals surface area contributed by atoms with Crippen molar-refractivity contribution in [2.45, 2.75) is 0 Å². The Bertz CT molecular complexity index is 576. The topological polar surface area (TPSA) is 40.2 Å². The van der Waals surface area contributed by atoms with Crippen LogP contribution >= 0.6 is 0 Å². The van der Waals surface area contributed by atoms with Crippen LogP contribution in [0.2, 0.25) is 0 Å². The molecule has 5 nitrogen and oxygen atoms in total. The number of benzene rings is 2. The average Bonchev–Trinajstić information content (AvgIpc) is 2.52. The van der Waals surface area contributed by atoms with Crippen LogP contribution in [0.5, 0.6) is 23.0 Å². The Labute approximate surface area is 124 Å². The van der Waals surface area contributed by atoms with E-state index in [1.165, 1.54) is 0 Å². The molecule has 0 radical (unpaired) electrons. The number of anilines is 1. The Morgan fingerprint density at radius 1 is 0.714 bits per heavy atom. The van der Waals surface area contributed by atoms with Crippen LogP contribution in [0.25, 0.3) is 0 Å². The summed E-state index contributed by atoms with van der Waals surface area (Å²) in [6.07, 6.45) is 0. The molecule has 0 atom stereocenters. The van der Waals surface area contributed by atoms with Gasteiger partial charge in [-0.3, -0.25) is 9.78 Å². The molecular formula is C16H19NO4. The molecule has 2 aromatic carbocycles. The molecule has 21 heavy (non-hydrogen) atoms. The van der Waals surface area contributed by atoms with Crippen molar-refractivity contribution in [3.63, 3.8) is 0 Å². The maximum Gasteiger partial charge on any atom is 0.186 e. The van der Waals surface area contributed by atoms with Gasteiger partial charge in [-0.2, -0.15) is 0 Å². The Hall–Kier alpha value is -2.56. The summed E-state index contributed by atoms with van der Waals surface area (Å²) in [5, 5.41) is 0. The highest BCUT2D eigenvalue weighted by molar-refractivity contribution is 5.49. The lowest BCUT2D eigenvalue weighted by molar-refractivity contribution is -0.100. The fourth-order valence-corrected chi connectivity index (χ4v) is 1.74. The minimum absolute atomic E-state index is 0.501. The summed E-state index contributed by atoms with van der Waals surface area (Å²) in [4.78, 5) is 12.7. The molecule has 0 unspecified atom stereocenters. The van der Waals surface area contributed by atoms with E-state index in [1.807, 2.05) is 43.3 Å². The second-order valence-electron chi connectivity index (χ2n) is 4.61. The quantitative estimate of drug-likeness (QED) is 0.603. The maximum absolute atomic E-state index is 5.34. The summed E-state index contributed by atoms with van der Waals surface area (Å²) < 4.78 is 10.4. The van der Waals surface area contributed by atoms with Gasteiger partial charge in [0.15, 0.2) is 11.5 Å². The van der Waals surface area contributed by atoms with E-state index < -0.39 is 0 Å². The highest BCUT2D eigenvalue weighted by Gasteiger charge is 2.05. The first-order valence-electron chi connectivity index (χ1n) is 6.47.